The van der Waals surface area contributed by atoms with Crippen LogP contribution >= 0.6 is 7.92 Å². The summed E-state index contributed by atoms with van der Waals surface area (Å²) >= 11 is 0. The minimum Gasteiger partial charge on any atom is -0.103 e. The van der Waals surface area contributed by atoms with Gasteiger partial charge in [0.1, 0.15) is 0 Å². The van der Waals surface area contributed by atoms with Crippen LogP contribution in [0.25, 0.3) is 0 Å². The highest BCUT2D eigenvalue weighted by Crippen LogP contribution is 2.35. The maximum atomic E-state index is 3.94. The Bertz CT molecular complexity index is 795. The minimum absolute atomic E-state index is 0.606. The van der Waals surface area contributed by atoms with Crippen LogP contribution in [-0.2, 0) is 12.8 Å². The van der Waals surface area contributed by atoms with Crippen LogP contribution in [0.2, 0.25) is 0 Å². The van der Waals surface area contributed by atoms with Crippen molar-refractivity contribution in [2.24, 2.45) is 0 Å². The Balaban J connectivity index is 2.22. The number of allylic oxidation sites excluding steroid dienone is 2. The lowest BCUT2D eigenvalue weighted by molar-refractivity contribution is 1.29. The van der Waals surface area contributed by atoms with Crippen molar-refractivity contribution >= 4 is 23.8 Å². The summed E-state index contributed by atoms with van der Waals surface area (Å²) in [5.41, 5.74) is 2.72. The fourth-order valence-electron chi connectivity index (χ4n) is 3.10. The second-order valence-corrected chi connectivity index (χ2v) is 8.06. The highest BCUT2D eigenvalue weighted by Gasteiger charge is 2.20. The molecule has 0 fully saturated rings. The summed E-state index contributed by atoms with van der Waals surface area (Å²) in [5.74, 6) is 0. The molecule has 3 aromatic carbocycles. The summed E-state index contributed by atoms with van der Waals surface area (Å²) in [7, 11) is -0.606. The van der Waals surface area contributed by atoms with Crippen LogP contribution in [0.3, 0.4) is 0 Å². The summed E-state index contributed by atoms with van der Waals surface area (Å²) in [6, 6.07) is 28.4. The molecule has 0 amide bonds. The Morgan fingerprint density at radius 2 is 1.04 bits per heavy atom. The van der Waals surface area contributed by atoms with Crippen LogP contribution in [0.1, 0.15) is 11.1 Å². The van der Waals surface area contributed by atoms with Gasteiger partial charge < -0.3 is 0 Å². The van der Waals surface area contributed by atoms with Crippen molar-refractivity contribution in [1.29, 1.82) is 0 Å². The lowest BCUT2D eigenvalue weighted by Gasteiger charge is -2.24. The molecule has 25 heavy (non-hydrogen) atoms. The topological polar surface area (TPSA) is 0 Å². The molecular formula is C24H23P. The highest BCUT2D eigenvalue weighted by molar-refractivity contribution is 7.80. The summed E-state index contributed by atoms with van der Waals surface area (Å²) in [4.78, 5) is 0. The largest absolute Gasteiger partial charge is 0.103 e. The van der Waals surface area contributed by atoms with Gasteiger partial charge in [-0.2, -0.15) is 0 Å². The number of hydrogen-bond donors (Lipinski definition) is 0. The first-order valence-corrected chi connectivity index (χ1v) is 9.92. The highest BCUT2D eigenvalue weighted by atomic mass is 31.1. The van der Waals surface area contributed by atoms with Gasteiger partial charge in [0.2, 0.25) is 0 Å². The molecule has 0 spiro atoms. The third-order valence-corrected chi connectivity index (χ3v) is 6.86. The van der Waals surface area contributed by atoms with Gasteiger partial charge in [-0.25, -0.2) is 0 Å². The fraction of sp³-hybridized carbons (Fsp3) is 0.0833. The van der Waals surface area contributed by atoms with E-state index in [0.29, 0.717) is 0 Å². The first kappa shape index (κ1) is 17.4. The minimum atomic E-state index is -0.606. The summed E-state index contributed by atoms with van der Waals surface area (Å²) in [6.45, 7) is 7.89. The third-order valence-electron chi connectivity index (χ3n) is 4.21. The normalized spacial score (nSPS) is 10.6. The summed E-state index contributed by atoms with van der Waals surface area (Å²) in [5, 5.41) is 4.21. The van der Waals surface area contributed by atoms with Gasteiger partial charge in [0.25, 0.3) is 0 Å². The van der Waals surface area contributed by atoms with E-state index in [-0.39, 0.29) is 0 Å². The van der Waals surface area contributed by atoms with Gasteiger partial charge in [-0.3, -0.25) is 0 Å². The van der Waals surface area contributed by atoms with E-state index in [4.69, 9.17) is 0 Å². The van der Waals surface area contributed by atoms with Crippen molar-refractivity contribution in [2.45, 2.75) is 12.8 Å². The Hall–Kier alpha value is -2.43. The van der Waals surface area contributed by atoms with Crippen molar-refractivity contribution < 1.29 is 0 Å². The Morgan fingerprint density at radius 3 is 1.52 bits per heavy atom. The smallest absolute Gasteiger partial charge is 0.00936 e. The molecule has 0 radical (unpaired) electrons. The van der Waals surface area contributed by atoms with E-state index < -0.39 is 7.92 Å². The molecule has 0 aromatic heterocycles. The van der Waals surface area contributed by atoms with Gasteiger partial charge in [-0.05, 0) is 47.8 Å². The van der Waals surface area contributed by atoms with E-state index in [0.717, 1.165) is 12.8 Å². The van der Waals surface area contributed by atoms with Crippen LogP contribution < -0.4 is 15.9 Å². The maximum Gasteiger partial charge on any atom is -0.00936 e. The molecule has 3 rings (SSSR count). The molecule has 0 N–H and O–H groups in total. The molecule has 0 saturated heterocycles. The lowest BCUT2D eigenvalue weighted by Crippen LogP contribution is -2.25. The van der Waals surface area contributed by atoms with Crippen LogP contribution in [0, 0.1) is 0 Å². The van der Waals surface area contributed by atoms with Crippen molar-refractivity contribution in [1.82, 2.24) is 0 Å². The molecule has 0 unspecified atom stereocenters. The zero-order chi connectivity index (χ0) is 17.5. The third kappa shape index (κ3) is 3.98. The molecule has 124 valence electrons. The Labute approximate surface area is 152 Å². The van der Waals surface area contributed by atoms with Gasteiger partial charge in [-0.15, -0.1) is 13.2 Å². The van der Waals surface area contributed by atoms with Crippen LogP contribution in [0.4, 0.5) is 0 Å². The van der Waals surface area contributed by atoms with Gasteiger partial charge in [0.05, 0.1) is 0 Å². The number of benzene rings is 3. The summed E-state index contributed by atoms with van der Waals surface area (Å²) in [6.07, 6.45) is 5.77. The van der Waals surface area contributed by atoms with Gasteiger partial charge in [-0.1, -0.05) is 91.0 Å². The molecule has 0 atom stereocenters. The molecule has 0 heterocycles. The van der Waals surface area contributed by atoms with Crippen LogP contribution in [-0.4, -0.2) is 0 Å². The summed E-state index contributed by atoms with van der Waals surface area (Å²) < 4.78 is 0. The van der Waals surface area contributed by atoms with E-state index >= 15 is 0 Å². The number of rotatable bonds is 7. The van der Waals surface area contributed by atoms with Crippen molar-refractivity contribution in [2.75, 3.05) is 0 Å². The van der Waals surface area contributed by atoms with Gasteiger partial charge in [0.15, 0.2) is 0 Å². The average molecular weight is 342 g/mol. The fourth-order valence-corrected chi connectivity index (χ4v) is 5.76. The van der Waals surface area contributed by atoms with Crippen molar-refractivity contribution in [3.8, 4) is 0 Å². The monoisotopic (exact) mass is 342 g/mol. The molecule has 0 aliphatic rings. The standard InChI is InChI=1S/C24H23P/c1-3-12-20-14-8-10-18-23(20)25(22-16-6-5-7-17-22)24-19-11-9-15-21(24)13-4-2/h3-11,14-19H,1-2,12-13H2. The zero-order valence-corrected chi connectivity index (χ0v) is 15.3. The molecule has 0 saturated carbocycles. The van der Waals surface area contributed by atoms with Crippen molar-refractivity contribution in [3.05, 3.63) is 115 Å². The average Bonchev–Trinajstić information content (AvgIpc) is 2.66. The second-order valence-electron chi connectivity index (χ2n) is 5.91. The Kier molecular flexibility index (Phi) is 5.99. The Morgan fingerprint density at radius 1 is 0.600 bits per heavy atom. The predicted molar refractivity (Wildman–Crippen MR) is 113 cm³/mol. The van der Waals surface area contributed by atoms with Gasteiger partial charge in [0, 0.05) is 0 Å². The quantitative estimate of drug-likeness (QED) is 0.423. The van der Waals surface area contributed by atoms with E-state index in [1.165, 1.54) is 27.0 Å². The molecule has 3 aromatic rings. The van der Waals surface area contributed by atoms with E-state index in [1.807, 2.05) is 12.2 Å². The second kappa shape index (κ2) is 8.60. The predicted octanol–water partition coefficient (Wildman–Crippen LogP) is 4.90. The molecule has 0 aliphatic heterocycles. The van der Waals surface area contributed by atoms with Gasteiger partial charge >= 0.3 is 0 Å². The SMILES string of the molecule is C=CCc1ccccc1P(c1ccccc1)c1ccccc1CC=C. The van der Waals surface area contributed by atoms with Crippen LogP contribution in [0.5, 0.6) is 0 Å². The zero-order valence-electron chi connectivity index (χ0n) is 14.4. The molecule has 0 aliphatic carbocycles. The molecule has 0 nitrogen and oxygen atoms in total. The van der Waals surface area contributed by atoms with E-state index in [1.54, 1.807) is 0 Å². The lowest BCUT2D eigenvalue weighted by atomic mass is 10.1. The first-order chi connectivity index (χ1) is 12.3. The molecule has 0 bridgehead atoms. The number of hydrogen-bond acceptors (Lipinski definition) is 0. The van der Waals surface area contributed by atoms with Crippen molar-refractivity contribution in [3.63, 3.8) is 0 Å². The van der Waals surface area contributed by atoms with Crippen LogP contribution in [0.15, 0.2) is 104 Å². The molecular weight excluding hydrogens is 319 g/mol. The van der Waals surface area contributed by atoms with E-state index in [2.05, 4.69) is 92.0 Å². The maximum absolute atomic E-state index is 3.94. The first-order valence-electron chi connectivity index (χ1n) is 8.58. The van der Waals surface area contributed by atoms with E-state index in [9.17, 15) is 0 Å². The molecule has 1 heteroatoms.